The first-order chi connectivity index (χ1) is 5.97. The Morgan fingerprint density at radius 1 is 1.62 bits per heavy atom. The Bertz CT molecular complexity index is 294. The standard InChI is InChI=1S/C7H13NO4S/c1-2-6(7(9)10)8-13(11,12)5-3-4-5/h5-6,8H,2-4H2,1H3,(H,9,10)/t6-/m0/s1. The van der Waals surface area contributed by atoms with Crippen molar-refractivity contribution < 1.29 is 18.3 Å². The summed E-state index contributed by atoms with van der Waals surface area (Å²) in [6.07, 6.45) is 1.55. The highest BCUT2D eigenvalue weighted by molar-refractivity contribution is 7.90. The Morgan fingerprint density at radius 3 is 2.46 bits per heavy atom. The Balaban J connectivity index is 2.59. The molecule has 1 aliphatic carbocycles. The first-order valence-corrected chi connectivity index (χ1v) is 5.76. The molecule has 13 heavy (non-hydrogen) atoms. The second-order valence-electron chi connectivity index (χ2n) is 3.16. The molecule has 6 heteroatoms. The molecule has 1 saturated carbocycles. The third-order valence-corrected chi connectivity index (χ3v) is 3.94. The monoisotopic (exact) mass is 207 g/mol. The molecule has 0 aromatic carbocycles. The van der Waals surface area contributed by atoms with Gasteiger partial charge >= 0.3 is 5.97 Å². The van der Waals surface area contributed by atoms with E-state index < -0.39 is 22.0 Å². The second-order valence-corrected chi connectivity index (χ2v) is 5.15. The maximum atomic E-state index is 11.3. The summed E-state index contributed by atoms with van der Waals surface area (Å²) in [5, 5.41) is 8.25. The lowest BCUT2D eigenvalue weighted by Crippen LogP contribution is -2.41. The van der Waals surface area contributed by atoms with Crippen molar-refractivity contribution in [2.75, 3.05) is 0 Å². The van der Waals surface area contributed by atoms with Gasteiger partial charge in [-0.05, 0) is 19.3 Å². The molecule has 0 aromatic heterocycles. The minimum Gasteiger partial charge on any atom is -0.480 e. The van der Waals surface area contributed by atoms with Crippen LogP contribution in [-0.2, 0) is 14.8 Å². The third-order valence-electron chi connectivity index (χ3n) is 1.98. The van der Waals surface area contributed by atoms with E-state index in [4.69, 9.17) is 5.11 Å². The first-order valence-electron chi connectivity index (χ1n) is 4.21. The van der Waals surface area contributed by atoms with Gasteiger partial charge in [-0.3, -0.25) is 4.79 Å². The molecule has 0 amide bonds. The molecule has 0 aliphatic heterocycles. The quantitative estimate of drug-likeness (QED) is 0.661. The number of aliphatic carboxylic acids is 1. The van der Waals surface area contributed by atoms with Crippen molar-refractivity contribution in [3.05, 3.63) is 0 Å². The lowest BCUT2D eigenvalue weighted by Gasteiger charge is -2.11. The van der Waals surface area contributed by atoms with Crippen molar-refractivity contribution >= 4 is 16.0 Å². The molecule has 5 nitrogen and oxygen atoms in total. The molecule has 1 rings (SSSR count). The zero-order valence-electron chi connectivity index (χ0n) is 7.36. The summed E-state index contributed by atoms with van der Waals surface area (Å²) >= 11 is 0. The molecule has 0 saturated heterocycles. The summed E-state index contributed by atoms with van der Waals surface area (Å²) in [6, 6.07) is -0.981. The largest absolute Gasteiger partial charge is 0.480 e. The van der Waals surface area contributed by atoms with E-state index in [1.54, 1.807) is 6.92 Å². The van der Waals surface area contributed by atoms with Crippen LogP contribution in [0, 0.1) is 0 Å². The van der Waals surface area contributed by atoms with Gasteiger partial charge in [-0.2, -0.15) is 0 Å². The molecule has 0 bridgehead atoms. The number of sulfonamides is 1. The van der Waals surface area contributed by atoms with Crippen LogP contribution in [0.4, 0.5) is 0 Å². The number of rotatable bonds is 5. The number of carboxylic acid groups (broad SMARTS) is 1. The summed E-state index contributed by atoms with van der Waals surface area (Å²) < 4.78 is 24.8. The number of hydrogen-bond donors (Lipinski definition) is 2. The second kappa shape index (κ2) is 3.63. The minimum absolute atomic E-state index is 0.265. The zero-order chi connectivity index (χ0) is 10.1. The van der Waals surface area contributed by atoms with Crippen molar-refractivity contribution in [3.8, 4) is 0 Å². The maximum Gasteiger partial charge on any atom is 0.321 e. The Kier molecular flexibility index (Phi) is 2.92. The van der Waals surface area contributed by atoms with E-state index >= 15 is 0 Å². The fraction of sp³-hybridized carbons (Fsp3) is 0.857. The molecule has 1 atom stereocenters. The van der Waals surface area contributed by atoms with Crippen LogP contribution in [0.2, 0.25) is 0 Å². The van der Waals surface area contributed by atoms with Gasteiger partial charge in [-0.25, -0.2) is 13.1 Å². The Labute approximate surface area is 77.2 Å². The SMILES string of the molecule is CC[C@H](NS(=O)(=O)C1CC1)C(=O)O. The van der Waals surface area contributed by atoms with Crippen molar-refractivity contribution in [2.45, 2.75) is 37.5 Å². The highest BCUT2D eigenvalue weighted by atomic mass is 32.2. The summed E-state index contributed by atoms with van der Waals surface area (Å²) in [5.74, 6) is -1.12. The van der Waals surface area contributed by atoms with Gasteiger partial charge in [-0.15, -0.1) is 0 Å². The fourth-order valence-electron chi connectivity index (χ4n) is 0.981. The molecular formula is C7H13NO4S. The number of carbonyl (C=O) groups is 1. The first kappa shape index (κ1) is 10.5. The van der Waals surface area contributed by atoms with Crippen LogP contribution in [0.25, 0.3) is 0 Å². The lowest BCUT2D eigenvalue weighted by molar-refractivity contribution is -0.139. The van der Waals surface area contributed by atoms with Crippen LogP contribution in [0.3, 0.4) is 0 Å². The van der Waals surface area contributed by atoms with E-state index in [-0.39, 0.29) is 11.7 Å². The van der Waals surface area contributed by atoms with Crippen LogP contribution in [0.5, 0.6) is 0 Å². The normalized spacial score (nSPS) is 19.8. The van der Waals surface area contributed by atoms with Gasteiger partial charge in [0.1, 0.15) is 6.04 Å². The van der Waals surface area contributed by atoms with Crippen LogP contribution >= 0.6 is 0 Å². The summed E-state index contributed by atoms with van der Waals surface area (Å²) in [6.45, 7) is 1.63. The fourth-order valence-corrected chi connectivity index (χ4v) is 2.59. The van der Waals surface area contributed by atoms with Gasteiger partial charge < -0.3 is 5.11 Å². The van der Waals surface area contributed by atoms with Crippen LogP contribution < -0.4 is 4.72 Å². The summed E-state index contributed by atoms with van der Waals surface area (Å²) in [4.78, 5) is 10.5. The van der Waals surface area contributed by atoms with Gasteiger partial charge in [0, 0.05) is 0 Å². The summed E-state index contributed by atoms with van der Waals surface area (Å²) in [7, 11) is -3.37. The van der Waals surface area contributed by atoms with Crippen LogP contribution in [0.1, 0.15) is 26.2 Å². The molecule has 0 radical (unpaired) electrons. The number of carboxylic acids is 1. The Morgan fingerprint density at radius 2 is 2.15 bits per heavy atom. The lowest BCUT2D eigenvalue weighted by atomic mass is 10.2. The zero-order valence-corrected chi connectivity index (χ0v) is 8.17. The predicted octanol–water partition coefficient (Wildman–Crippen LogP) is -0.0686. The average Bonchev–Trinajstić information content (AvgIpc) is 2.81. The molecule has 0 heterocycles. The van der Waals surface area contributed by atoms with E-state index in [2.05, 4.69) is 4.72 Å². The van der Waals surface area contributed by atoms with Gasteiger partial charge in [0.2, 0.25) is 10.0 Å². The molecular weight excluding hydrogens is 194 g/mol. The van der Waals surface area contributed by atoms with E-state index in [0.717, 1.165) is 0 Å². The van der Waals surface area contributed by atoms with E-state index in [1.807, 2.05) is 0 Å². The van der Waals surface area contributed by atoms with Crippen molar-refractivity contribution in [1.82, 2.24) is 4.72 Å². The smallest absolute Gasteiger partial charge is 0.321 e. The average molecular weight is 207 g/mol. The topological polar surface area (TPSA) is 83.5 Å². The molecule has 1 aliphatic rings. The predicted molar refractivity (Wildman–Crippen MR) is 46.8 cm³/mol. The highest BCUT2D eigenvalue weighted by Gasteiger charge is 2.37. The molecule has 2 N–H and O–H groups in total. The van der Waals surface area contributed by atoms with Gasteiger partial charge in [0.15, 0.2) is 0 Å². The van der Waals surface area contributed by atoms with Gasteiger partial charge in [0.05, 0.1) is 5.25 Å². The number of hydrogen-bond acceptors (Lipinski definition) is 3. The minimum atomic E-state index is -3.37. The Hall–Kier alpha value is -0.620. The van der Waals surface area contributed by atoms with E-state index in [1.165, 1.54) is 0 Å². The molecule has 76 valence electrons. The van der Waals surface area contributed by atoms with Crippen molar-refractivity contribution in [3.63, 3.8) is 0 Å². The molecule has 0 unspecified atom stereocenters. The maximum absolute atomic E-state index is 11.3. The van der Waals surface area contributed by atoms with Crippen molar-refractivity contribution in [1.29, 1.82) is 0 Å². The van der Waals surface area contributed by atoms with Gasteiger partial charge in [0.25, 0.3) is 0 Å². The number of nitrogens with one attached hydrogen (secondary N) is 1. The van der Waals surface area contributed by atoms with Crippen LogP contribution in [0.15, 0.2) is 0 Å². The molecule has 0 spiro atoms. The molecule has 1 fully saturated rings. The van der Waals surface area contributed by atoms with Crippen molar-refractivity contribution in [2.24, 2.45) is 0 Å². The van der Waals surface area contributed by atoms with Gasteiger partial charge in [-0.1, -0.05) is 6.92 Å². The molecule has 0 aromatic rings. The van der Waals surface area contributed by atoms with E-state index in [9.17, 15) is 13.2 Å². The van der Waals surface area contributed by atoms with E-state index in [0.29, 0.717) is 12.8 Å². The highest BCUT2D eigenvalue weighted by Crippen LogP contribution is 2.27. The van der Waals surface area contributed by atoms with Crippen LogP contribution in [-0.4, -0.2) is 30.8 Å². The third kappa shape index (κ3) is 2.67. The summed E-state index contributed by atoms with van der Waals surface area (Å²) in [5.41, 5.74) is 0.